The first-order valence-corrected chi connectivity index (χ1v) is 16.3. The van der Waals surface area contributed by atoms with Gasteiger partial charge in [-0.1, -0.05) is 170 Å². The molecular weight excluding hydrogens is 573 g/mol. The highest BCUT2D eigenvalue weighted by molar-refractivity contribution is 5.93. The van der Waals surface area contributed by atoms with Crippen molar-refractivity contribution in [1.82, 2.24) is 21.7 Å². The highest BCUT2D eigenvalue weighted by Gasteiger charge is 2.57. The van der Waals surface area contributed by atoms with E-state index in [0.29, 0.717) is 0 Å². The van der Waals surface area contributed by atoms with E-state index in [0.717, 1.165) is 22.5 Å². The van der Waals surface area contributed by atoms with Crippen molar-refractivity contribution in [2.75, 3.05) is 0 Å². The number of benzene rings is 6. The van der Waals surface area contributed by atoms with Gasteiger partial charge in [-0.15, -0.1) is 0 Å². The lowest BCUT2D eigenvalue weighted by molar-refractivity contribution is 0.521. The van der Waals surface area contributed by atoms with E-state index in [1.807, 2.05) is 0 Å². The summed E-state index contributed by atoms with van der Waals surface area (Å²) in [6.45, 7) is 0. The maximum atomic E-state index is 3.78. The summed E-state index contributed by atoms with van der Waals surface area (Å²) < 4.78 is 0. The molecule has 0 radical (unpaired) electrons. The standard InChI is InChI=1S/C43H34N4/c1-5-17-29(18-6-1)39-37(40(45-44-39)30-19-7-2-8-20-30)43(35-27-15-13-25-33(35)34-26-14-16-28-36(34)43)38-41(31-21-9-3-10-22-31)46-47-42(38)32-23-11-4-12-24-32/h1-28,39,41,44-47H. The lowest BCUT2D eigenvalue weighted by atomic mass is 9.60. The van der Waals surface area contributed by atoms with Gasteiger partial charge in [0.2, 0.25) is 0 Å². The lowest BCUT2D eigenvalue weighted by Gasteiger charge is -2.41. The highest BCUT2D eigenvalue weighted by Crippen LogP contribution is 2.64. The molecule has 0 bridgehead atoms. The molecule has 0 saturated carbocycles. The highest BCUT2D eigenvalue weighted by atomic mass is 15.4. The fraction of sp³-hybridized carbons (Fsp3) is 0.0698. The van der Waals surface area contributed by atoms with Crippen LogP contribution in [0, 0.1) is 0 Å². The van der Waals surface area contributed by atoms with E-state index in [2.05, 4.69) is 192 Å². The van der Waals surface area contributed by atoms with Crippen LogP contribution in [0.3, 0.4) is 0 Å². The van der Waals surface area contributed by atoms with Crippen LogP contribution in [0.5, 0.6) is 0 Å². The van der Waals surface area contributed by atoms with Gasteiger partial charge in [-0.05, 0) is 55.7 Å². The van der Waals surface area contributed by atoms with Crippen molar-refractivity contribution in [2.45, 2.75) is 17.5 Å². The summed E-state index contributed by atoms with van der Waals surface area (Å²) in [5.74, 6) is 0. The third-order valence-corrected chi connectivity index (χ3v) is 9.95. The first kappa shape index (κ1) is 27.6. The molecule has 2 heterocycles. The SMILES string of the molecule is c1ccc(C2=C(C3(C4=C(c5ccccc5)NNC4c4ccccc4)c4ccccc4-c4ccccc43)C(c3ccccc3)NN2)cc1. The predicted octanol–water partition coefficient (Wildman–Crippen LogP) is 8.47. The van der Waals surface area contributed by atoms with Crippen LogP contribution in [0.25, 0.3) is 22.5 Å². The van der Waals surface area contributed by atoms with Crippen molar-refractivity contribution in [3.63, 3.8) is 0 Å². The first-order chi connectivity index (χ1) is 23.4. The van der Waals surface area contributed by atoms with Crippen molar-refractivity contribution in [2.24, 2.45) is 0 Å². The topological polar surface area (TPSA) is 48.1 Å². The third-order valence-electron chi connectivity index (χ3n) is 9.95. The molecular formula is C43H34N4. The van der Waals surface area contributed by atoms with Crippen LogP contribution in [0.4, 0.5) is 0 Å². The van der Waals surface area contributed by atoms with Crippen LogP contribution in [-0.4, -0.2) is 0 Å². The van der Waals surface area contributed by atoms with Crippen LogP contribution >= 0.6 is 0 Å². The van der Waals surface area contributed by atoms with E-state index in [9.17, 15) is 0 Å². The van der Waals surface area contributed by atoms with E-state index in [1.54, 1.807) is 0 Å². The smallest absolute Gasteiger partial charge is 0.0758 e. The summed E-state index contributed by atoms with van der Waals surface area (Å²) in [6.07, 6.45) is 0. The molecule has 0 amide bonds. The third kappa shape index (κ3) is 4.23. The summed E-state index contributed by atoms with van der Waals surface area (Å²) in [4.78, 5) is 0. The molecule has 2 atom stereocenters. The van der Waals surface area contributed by atoms with Crippen LogP contribution in [0.15, 0.2) is 181 Å². The molecule has 226 valence electrons. The van der Waals surface area contributed by atoms with Gasteiger partial charge in [0.25, 0.3) is 0 Å². The second-order valence-corrected chi connectivity index (χ2v) is 12.4. The van der Waals surface area contributed by atoms with Crippen molar-refractivity contribution >= 4 is 11.4 Å². The Morgan fingerprint density at radius 2 is 0.702 bits per heavy atom. The number of fused-ring (bicyclic) bond motifs is 3. The Bertz CT molecular complexity index is 1980. The van der Waals surface area contributed by atoms with Crippen molar-refractivity contribution in [3.05, 3.63) is 214 Å². The maximum absolute atomic E-state index is 3.78. The number of rotatable bonds is 6. The van der Waals surface area contributed by atoms with Gasteiger partial charge in [0.15, 0.2) is 0 Å². The van der Waals surface area contributed by atoms with E-state index in [-0.39, 0.29) is 12.1 Å². The molecule has 4 heteroatoms. The molecule has 0 spiro atoms. The molecule has 1 aliphatic carbocycles. The summed E-state index contributed by atoms with van der Waals surface area (Å²) in [7, 11) is 0. The molecule has 4 nitrogen and oxygen atoms in total. The second-order valence-electron chi connectivity index (χ2n) is 12.4. The summed E-state index contributed by atoms with van der Waals surface area (Å²) >= 11 is 0. The minimum Gasteiger partial charge on any atom is -0.320 e. The largest absolute Gasteiger partial charge is 0.320 e. The summed E-state index contributed by atoms with van der Waals surface area (Å²) in [6, 6.07) is 61.0. The van der Waals surface area contributed by atoms with E-state index in [1.165, 1.54) is 44.5 Å². The van der Waals surface area contributed by atoms with Crippen molar-refractivity contribution < 1.29 is 0 Å². The van der Waals surface area contributed by atoms with Gasteiger partial charge in [0.1, 0.15) is 0 Å². The minimum atomic E-state index is -0.669. The van der Waals surface area contributed by atoms with Gasteiger partial charge >= 0.3 is 0 Å². The summed E-state index contributed by atoms with van der Waals surface area (Å²) in [5.41, 5.74) is 28.9. The fourth-order valence-corrected chi connectivity index (χ4v) is 8.08. The second kappa shape index (κ2) is 11.3. The zero-order chi connectivity index (χ0) is 31.2. The molecule has 0 saturated heterocycles. The van der Waals surface area contributed by atoms with Crippen LogP contribution in [-0.2, 0) is 5.41 Å². The van der Waals surface area contributed by atoms with Gasteiger partial charge in [0.05, 0.1) is 28.9 Å². The molecule has 6 aromatic carbocycles. The van der Waals surface area contributed by atoms with Crippen molar-refractivity contribution in [3.8, 4) is 11.1 Å². The number of hydrogen-bond acceptors (Lipinski definition) is 4. The number of nitrogens with one attached hydrogen (secondary N) is 4. The fourth-order valence-electron chi connectivity index (χ4n) is 8.08. The molecule has 0 aromatic heterocycles. The number of hydrogen-bond donors (Lipinski definition) is 4. The van der Waals surface area contributed by atoms with Gasteiger partial charge < -0.3 is 10.9 Å². The lowest BCUT2D eigenvalue weighted by Crippen LogP contribution is -2.38. The van der Waals surface area contributed by atoms with Crippen molar-refractivity contribution in [1.29, 1.82) is 0 Å². The molecule has 3 aliphatic rings. The molecule has 6 aromatic rings. The molecule has 0 fully saturated rings. The Kier molecular flexibility index (Phi) is 6.63. The van der Waals surface area contributed by atoms with E-state index in [4.69, 9.17) is 0 Å². The van der Waals surface area contributed by atoms with Gasteiger partial charge in [-0.2, -0.15) is 0 Å². The Morgan fingerprint density at radius 1 is 0.362 bits per heavy atom. The first-order valence-electron chi connectivity index (χ1n) is 16.3. The van der Waals surface area contributed by atoms with Crippen LogP contribution < -0.4 is 21.7 Å². The number of hydrazine groups is 2. The minimum absolute atomic E-state index is 0.118. The van der Waals surface area contributed by atoms with Gasteiger partial charge in [0, 0.05) is 0 Å². The molecule has 2 aliphatic heterocycles. The van der Waals surface area contributed by atoms with Crippen LogP contribution in [0.2, 0.25) is 0 Å². The Balaban J connectivity index is 1.48. The zero-order valence-electron chi connectivity index (χ0n) is 25.8. The summed E-state index contributed by atoms with van der Waals surface area (Å²) in [5, 5.41) is 0. The zero-order valence-corrected chi connectivity index (χ0v) is 25.8. The van der Waals surface area contributed by atoms with Gasteiger partial charge in [-0.25, -0.2) is 10.9 Å². The molecule has 47 heavy (non-hydrogen) atoms. The van der Waals surface area contributed by atoms with Gasteiger partial charge in [-0.3, -0.25) is 0 Å². The monoisotopic (exact) mass is 606 g/mol. The quantitative estimate of drug-likeness (QED) is 0.154. The maximum Gasteiger partial charge on any atom is 0.0758 e. The predicted molar refractivity (Wildman–Crippen MR) is 190 cm³/mol. The average molecular weight is 607 g/mol. The molecule has 2 unspecified atom stereocenters. The Labute approximate surface area is 275 Å². The Morgan fingerprint density at radius 3 is 1.11 bits per heavy atom. The molecule has 4 N–H and O–H groups in total. The van der Waals surface area contributed by atoms with E-state index < -0.39 is 5.41 Å². The Hall–Kier alpha value is -5.68. The molecule has 9 rings (SSSR count). The average Bonchev–Trinajstić information content (AvgIpc) is 3.87. The van der Waals surface area contributed by atoms with Crippen LogP contribution in [0.1, 0.15) is 45.5 Å². The van der Waals surface area contributed by atoms with E-state index >= 15 is 0 Å². The normalized spacial score (nSPS) is 19.2.